The number of nitrogens with one attached hydrogen (secondary N) is 3. The van der Waals surface area contributed by atoms with Gasteiger partial charge in [-0.3, -0.25) is 4.99 Å². The molecule has 0 saturated heterocycles. The highest BCUT2D eigenvalue weighted by Crippen LogP contribution is 2.22. The van der Waals surface area contributed by atoms with Gasteiger partial charge in [-0.05, 0) is 53.2 Å². The molecule has 0 spiro atoms. The Morgan fingerprint density at radius 1 is 1.17 bits per heavy atom. The van der Waals surface area contributed by atoms with Gasteiger partial charge in [0.1, 0.15) is 5.60 Å². The number of carbonyl (C=O) groups excluding carboxylic acids is 1. The molecule has 160 valence electrons. The van der Waals surface area contributed by atoms with E-state index in [9.17, 15) is 4.79 Å². The van der Waals surface area contributed by atoms with Crippen molar-refractivity contribution in [2.45, 2.75) is 58.6 Å². The van der Waals surface area contributed by atoms with E-state index in [1.54, 1.807) is 18.4 Å². The van der Waals surface area contributed by atoms with Gasteiger partial charge in [0.2, 0.25) is 0 Å². The molecule has 0 fully saturated rings. The number of hydrogen-bond acceptors (Lipinski definition) is 5. The summed E-state index contributed by atoms with van der Waals surface area (Å²) in [5.41, 5.74) is 0.0627. The Labute approximate surface area is 177 Å². The van der Waals surface area contributed by atoms with Gasteiger partial charge in [0.05, 0.1) is 20.8 Å². The minimum Gasteiger partial charge on any atom is -0.444 e. The summed E-state index contributed by atoms with van der Waals surface area (Å²) >= 11 is 1.75. The number of nitrogens with zero attached hydrogens (tertiary/aromatic N) is 2. The maximum Gasteiger partial charge on any atom is 0.408 e. The molecular formula is C21H33N5O2S. The van der Waals surface area contributed by atoms with Crippen molar-refractivity contribution < 1.29 is 9.53 Å². The number of fused-ring (bicyclic) bond motifs is 1. The summed E-state index contributed by atoms with van der Waals surface area (Å²) in [6.07, 6.45) is 1.46. The van der Waals surface area contributed by atoms with E-state index >= 15 is 0 Å². The van der Waals surface area contributed by atoms with Gasteiger partial charge in [-0.2, -0.15) is 0 Å². The van der Waals surface area contributed by atoms with Crippen molar-refractivity contribution in [3.63, 3.8) is 0 Å². The topological polar surface area (TPSA) is 87.6 Å². The molecule has 1 heterocycles. The van der Waals surface area contributed by atoms with Crippen LogP contribution < -0.4 is 16.0 Å². The van der Waals surface area contributed by atoms with Crippen molar-refractivity contribution in [3.05, 3.63) is 29.3 Å². The van der Waals surface area contributed by atoms with E-state index < -0.39 is 17.2 Å². The van der Waals surface area contributed by atoms with E-state index in [4.69, 9.17) is 4.74 Å². The first kappa shape index (κ1) is 22.9. The monoisotopic (exact) mass is 419 g/mol. The van der Waals surface area contributed by atoms with Crippen LogP contribution >= 0.6 is 11.3 Å². The van der Waals surface area contributed by atoms with Gasteiger partial charge in [0.15, 0.2) is 5.96 Å². The lowest BCUT2D eigenvalue weighted by Crippen LogP contribution is -2.54. The molecule has 8 heteroatoms. The number of rotatable bonds is 7. The summed E-state index contributed by atoms with van der Waals surface area (Å²) in [6.45, 7) is 10.7. The Kier molecular flexibility index (Phi) is 7.84. The largest absolute Gasteiger partial charge is 0.444 e. The number of carbonyl (C=O) groups is 1. The predicted molar refractivity (Wildman–Crippen MR) is 121 cm³/mol. The Morgan fingerprint density at radius 3 is 2.55 bits per heavy atom. The van der Waals surface area contributed by atoms with Gasteiger partial charge in [0.25, 0.3) is 0 Å². The zero-order chi connectivity index (χ0) is 21.5. The number of benzene rings is 1. The van der Waals surface area contributed by atoms with E-state index in [1.165, 1.54) is 4.70 Å². The lowest BCUT2D eigenvalue weighted by atomic mass is 10.1. The summed E-state index contributed by atoms with van der Waals surface area (Å²) in [5, 5.41) is 10.6. The molecule has 1 amide bonds. The number of hydrogen-bond donors (Lipinski definition) is 3. The minimum absolute atomic E-state index is 0.428. The molecule has 7 nitrogen and oxygen atoms in total. The molecular weight excluding hydrogens is 386 g/mol. The number of aliphatic imine (C=N–C) groups is 1. The fourth-order valence-corrected chi connectivity index (χ4v) is 3.63. The first-order valence-electron chi connectivity index (χ1n) is 9.88. The van der Waals surface area contributed by atoms with Crippen LogP contribution in [0.4, 0.5) is 4.79 Å². The van der Waals surface area contributed by atoms with Crippen molar-refractivity contribution in [1.29, 1.82) is 0 Å². The third-order valence-corrected chi connectivity index (χ3v) is 5.05. The highest BCUT2D eigenvalue weighted by molar-refractivity contribution is 7.18. The molecule has 1 aromatic carbocycles. The second-order valence-electron chi connectivity index (χ2n) is 8.54. The van der Waals surface area contributed by atoms with Crippen molar-refractivity contribution >= 4 is 33.6 Å². The van der Waals surface area contributed by atoms with Crippen LogP contribution in [0.1, 0.15) is 46.0 Å². The standard InChI is InChI=1S/C21H33N5O2S/c1-20(2,3)28-19(27)26-21(4,5)14-24-18(22-6)23-13-9-12-17-25-15-10-7-8-11-16(15)29-17/h7-8,10-11H,9,12-14H2,1-6H3,(H,26,27)(H2,22,23,24). The number of aromatic nitrogens is 1. The van der Waals surface area contributed by atoms with Gasteiger partial charge in [0, 0.05) is 26.6 Å². The van der Waals surface area contributed by atoms with Crippen LogP contribution in [0.5, 0.6) is 0 Å². The van der Waals surface area contributed by atoms with E-state index in [0.717, 1.165) is 29.9 Å². The number of amides is 1. The molecule has 0 aliphatic carbocycles. The van der Waals surface area contributed by atoms with E-state index in [-0.39, 0.29) is 0 Å². The van der Waals surface area contributed by atoms with Gasteiger partial charge in [-0.25, -0.2) is 9.78 Å². The molecule has 0 aliphatic heterocycles. The number of para-hydroxylation sites is 1. The number of alkyl carbamates (subject to hydrolysis) is 1. The third kappa shape index (κ3) is 8.27. The molecule has 0 unspecified atom stereocenters. The van der Waals surface area contributed by atoms with Crippen LogP contribution in [0, 0.1) is 0 Å². The molecule has 3 N–H and O–H groups in total. The van der Waals surface area contributed by atoms with Crippen LogP contribution in [0.2, 0.25) is 0 Å². The Bertz CT molecular complexity index is 806. The fourth-order valence-electron chi connectivity index (χ4n) is 2.62. The van der Waals surface area contributed by atoms with Crippen molar-refractivity contribution in [1.82, 2.24) is 20.9 Å². The molecule has 0 saturated carbocycles. The zero-order valence-electron chi connectivity index (χ0n) is 18.3. The highest BCUT2D eigenvalue weighted by Gasteiger charge is 2.24. The first-order valence-corrected chi connectivity index (χ1v) is 10.7. The quantitative estimate of drug-likeness (QED) is 0.362. The summed E-state index contributed by atoms with van der Waals surface area (Å²) in [6, 6.07) is 8.21. The number of thiazole rings is 1. The van der Waals surface area contributed by atoms with Crippen molar-refractivity contribution in [2.24, 2.45) is 4.99 Å². The minimum atomic E-state index is -0.519. The molecule has 1 aromatic heterocycles. The molecule has 29 heavy (non-hydrogen) atoms. The summed E-state index contributed by atoms with van der Waals surface area (Å²) in [4.78, 5) is 20.9. The average Bonchev–Trinajstić information content (AvgIpc) is 3.01. The number of ether oxygens (including phenoxy) is 1. The van der Waals surface area contributed by atoms with Gasteiger partial charge >= 0.3 is 6.09 Å². The lowest BCUT2D eigenvalue weighted by molar-refractivity contribution is 0.0474. The highest BCUT2D eigenvalue weighted by atomic mass is 32.1. The molecule has 2 rings (SSSR count). The molecule has 0 atom stereocenters. The summed E-state index contributed by atoms with van der Waals surface area (Å²) in [5.74, 6) is 0.702. The van der Waals surface area contributed by atoms with Crippen LogP contribution in [0.3, 0.4) is 0 Å². The van der Waals surface area contributed by atoms with E-state index in [0.29, 0.717) is 12.5 Å². The summed E-state index contributed by atoms with van der Waals surface area (Å²) < 4.78 is 6.55. The molecule has 0 bridgehead atoms. The number of aryl methyl sites for hydroxylation is 1. The fraction of sp³-hybridized carbons (Fsp3) is 0.571. The molecule has 2 aromatic rings. The van der Waals surface area contributed by atoms with Gasteiger partial charge in [-0.15, -0.1) is 11.3 Å². The lowest BCUT2D eigenvalue weighted by Gasteiger charge is -2.29. The Morgan fingerprint density at radius 2 is 1.90 bits per heavy atom. The third-order valence-electron chi connectivity index (χ3n) is 3.96. The zero-order valence-corrected chi connectivity index (χ0v) is 19.1. The average molecular weight is 420 g/mol. The smallest absolute Gasteiger partial charge is 0.408 e. The van der Waals surface area contributed by atoms with Gasteiger partial charge < -0.3 is 20.7 Å². The molecule has 0 radical (unpaired) electrons. The van der Waals surface area contributed by atoms with Crippen LogP contribution in [-0.2, 0) is 11.2 Å². The maximum absolute atomic E-state index is 12.0. The van der Waals surface area contributed by atoms with Gasteiger partial charge in [-0.1, -0.05) is 12.1 Å². The first-order chi connectivity index (χ1) is 13.6. The van der Waals surface area contributed by atoms with Crippen LogP contribution in [-0.4, -0.2) is 48.3 Å². The van der Waals surface area contributed by atoms with Crippen molar-refractivity contribution in [3.8, 4) is 0 Å². The van der Waals surface area contributed by atoms with Crippen molar-refractivity contribution in [2.75, 3.05) is 20.1 Å². The normalized spacial score (nSPS) is 12.7. The van der Waals surface area contributed by atoms with E-state index in [1.807, 2.05) is 52.8 Å². The van der Waals surface area contributed by atoms with Crippen LogP contribution in [0.25, 0.3) is 10.2 Å². The SMILES string of the molecule is CN=C(NCCCc1nc2ccccc2s1)NCC(C)(C)NC(=O)OC(C)(C)C. The Balaban J connectivity index is 1.72. The summed E-state index contributed by atoms with van der Waals surface area (Å²) in [7, 11) is 1.73. The molecule has 0 aliphatic rings. The van der Waals surface area contributed by atoms with Crippen LogP contribution in [0.15, 0.2) is 29.3 Å². The van der Waals surface area contributed by atoms with E-state index in [2.05, 4.69) is 32.0 Å². The Hall–Kier alpha value is -2.35. The maximum atomic E-state index is 12.0. The second-order valence-corrected chi connectivity index (χ2v) is 9.66. The predicted octanol–water partition coefficient (Wildman–Crippen LogP) is 3.70. The second kappa shape index (κ2) is 9.91. The number of guanidine groups is 1.